The Morgan fingerprint density at radius 2 is 1.96 bits per heavy atom. The van der Waals surface area contributed by atoms with E-state index < -0.39 is 32.1 Å². The molecule has 26 heavy (non-hydrogen) atoms. The molecule has 2 heterocycles. The number of aromatic amines is 1. The number of halogens is 2. The van der Waals surface area contributed by atoms with Crippen LogP contribution in [0.15, 0.2) is 27.9 Å². The van der Waals surface area contributed by atoms with Crippen LogP contribution in [0.2, 0.25) is 0 Å². The number of benzene rings is 1. The molecule has 0 saturated carbocycles. The van der Waals surface area contributed by atoms with Crippen molar-refractivity contribution < 1.29 is 17.2 Å². The van der Waals surface area contributed by atoms with Gasteiger partial charge in [0.1, 0.15) is 4.90 Å². The highest BCUT2D eigenvalue weighted by molar-refractivity contribution is 7.92. The van der Waals surface area contributed by atoms with Crippen molar-refractivity contribution in [1.29, 1.82) is 0 Å². The summed E-state index contributed by atoms with van der Waals surface area (Å²) in [5.41, 5.74) is 0.0263. The molecule has 2 N–H and O–H groups in total. The summed E-state index contributed by atoms with van der Waals surface area (Å²) in [7, 11) is -4.47. The van der Waals surface area contributed by atoms with Gasteiger partial charge in [0, 0.05) is 6.07 Å². The number of nitrogens with one attached hydrogen (secondary N) is 2. The molecule has 1 aromatic carbocycles. The molecule has 0 unspecified atom stereocenters. The van der Waals surface area contributed by atoms with Gasteiger partial charge < -0.3 is 0 Å². The summed E-state index contributed by atoms with van der Waals surface area (Å²) in [6.45, 7) is 3.23. The van der Waals surface area contributed by atoms with Crippen LogP contribution in [0.5, 0.6) is 0 Å². The standard InChI is InChI=1S/C15H15F2N5O3S/c1-3-4-9-7-11(23)22-15(18-9)19-14(20-22)21-26(24,25)10-6-5-8(2)12(16)13(10)17/h5-7H,3-4H2,1-2H3,(H2,18,19,20,21). The molecule has 0 bridgehead atoms. The average molecular weight is 383 g/mol. The Balaban J connectivity index is 2.01. The van der Waals surface area contributed by atoms with Gasteiger partial charge in [-0.15, -0.1) is 0 Å². The van der Waals surface area contributed by atoms with Crippen LogP contribution in [0, 0.1) is 18.6 Å². The van der Waals surface area contributed by atoms with Crippen molar-refractivity contribution in [2.45, 2.75) is 31.6 Å². The summed E-state index contributed by atoms with van der Waals surface area (Å²) in [5, 5.41) is 2.43. The van der Waals surface area contributed by atoms with E-state index in [0.717, 1.165) is 23.1 Å². The van der Waals surface area contributed by atoms with Crippen LogP contribution in [0.25, 0.3) is 5.78 Å². The monoisotopic (exact) mass is 383 g/mol. The van der Waals surface area contributed by atoms with E-state index in [4.69, 9.17) is 0 Å². The van der Waals surface area contributed by atoms with Gasteiger partial charge in [-0.3, -0.25) is 9.89 Å². The predicted molar refractivity (Wildman–Crippen MR) is 89.5 cm³/mol. The van der Waals surface area contributed by atoms with Gasteiger partial charge in [0.25, 0.3) is 21.4 Å². The van der Waals surface area contributed by atoms with Gasteiger partial charge in [-0.25, -0.2) is 26.9 Å². The number of H-pyrrole nitrogens is 1. The third-order valence-electron chi connectivity index (χ3n) is 3.65. The number of aryl methyl sites for hydroxylation is 2. The van der Waals surface area contributed by atoms with E-state index in [1.807, 2.05) is 11.6 Å². The highest BCUT2D eigenvalue weighted by Crippen LogP contribution is 2.21. The number of rotatable bonds is 5. The summed E-state index contributed by atoms with van der Waals surface area (Å²) in [6.07, 6.45) is 1.33. The van der Waals surface area contributed by atoms with Gasteiger partial charge in [0.2, 0.25) is 5.95 Å². The predicted octanol–water partition coefficient (Wildman–Crippen LogP) is 1.76. The molecule has 138 valence electrons. The lowest BCUT2D eigenvalue weighted by Gasteiger charge is -2.07. The first kappa shape index (κ1) is 18.0. The molecule has 0 aliphatic carbocycles. The van der Waals surface area contributed by atoms with Gasteiger partial charge >= 0.3 is 0 Å². The molecular formula is C15H15F2N5O3S. The van der Waals surface area contributed by atoms with Crippen LogP contribution in [0.4, 0.5) is 14.7 Å². The normalized spacial score (nSPS) is 11.8. The maximum Gasteiger partial charge on any atom is 0.274 e. The van der Waals surface area contributed by atoms with Crippen LogP contribution in [-0.4, -0.2) is 28.0 Å². The van der Waals surface area contributed by atoms with Crippen molar-refractivity contribution in [1.82, 2.24) is 19.6 Å². The molecule has 0 spiro atoms. The van der Waals surface area contributed by atoms with E-state index >= 15 is 0 Å². The highest BCUT2D eigenvalue weighted by Gasteiger charge is 2.24. The fourth-order valence-corrected chi connectivity index (χ4v) is 3.40. The van der Waals surface area contributed by atoms with Crippen molar-refractivity contribution in [3.05, 3.63) is 51.4 Å². The summed E-state index contributed by atoms with van der Waals surface area (Å²) in [6, 6.07) is 3.40. The minimum Gasteiger partial charge on any atom is -0.267 e. The van der Waals surface area contributed by atoms with Gasteiger partial charge in [0.05, 0.1) is 5.69 Å². The molecule has 3 rings (SSSR count). The van der Waals surface area contributed by atoms with Crippen molar-refractivity contribution in [2.24, 2.45) is 0 Å². The first-order chi connectivity index (χ1) is 12.2. The molecule has 0 amide bonds. The van der Waals surface area contributed by atoms with E-state index in [2.05, 4.69) is 15.1 Å². The van der Waals surface area contributed by atoms with Crippen molar-refractivity contribution in [2.75, 3.05) is 4.72 Å². The maximum atomic E-state index is 14.0. The van der Waals surface area contributed by atoms with Gasteiger partial charge in [-0.2, -0.15) is 9.50 Å². The Morgan fingerprint density at radius 3 is 2.65 bits per heavy atom. The molecule has 2 aromatic heterocycles. The highest BCUT2D eigenvalue weighted by atomic mass is 32.2. The second kappa shape index (κ2) is 6.48. The van der Waals surface area contributed by atoms with Gasteiger partial charge in [-0.05, 0) is 25.0 Å². The van der Waals surface area contributed by atoms with Gasteiger partial charge in [0.15, 0.2) is 11.6 Å². The van der Waals surface area contributed by atoms with Crippen molar-refractivity contribution >= 4 is 21.7 Å². The minimum absolute atomic E-state index is 0.0237. The number of hydrogen-bond acceptors (Lipinski definition) is 5. The SMILES string of the molecule is CCCc1cc(=O)n2[nH]c(NS(=O)(=O)c3ccc(C)c(F)c3F)nc2n1. The Kier molecular flexibility index (Phi) is 4.48. The second-order valence-electron chi connectivity index (χ2n) is 5.66. The summed E-state index contributed by atoms with van der Waals surface area (Å²) >= 11 is 0. The molecular weight excluding hydrogens is 368 g/mol. The molecule has 3 aromatic rings. The maximum absolute atomic E-state index is 14.0. The molecule has 0 atom stereocenters. The molecule has 0 fully saturated rings. The number of nitrogens with zero attached hydrogens (tertiary/aromatic N) is 3. The molecule has 11 heteroatoms. The smallest absolute Gasteiger partial charge is 0.267 e. The minimum atomic E-state index is -4.47. The fourth-order valence-electron chi connectivity index (χ4n) is 2.38. The zero-order valence-electron chi connectivity index (χ0n) is 13.9. The van der Waals surface area contributed by atoms with Gasteiger partial charge in [-0.1, -0.05) is 19.4 Å². The van der Waals surface area contributed by atoms with Crippen molar-refractivity contribution in [3.8, 4) is 0 Å². The zero-order chi connectivity index (χ0) is 19.1. The Hall–Kier alpha value is -2.82. The topological polar surface area (TPSA) is 109 Å². The molecule has 0 radical (unpaired) electrons. The van der Waals surface area contributed by atoms with Crippen LogP contribution in [0.3, 0.4) is 0 Å². The van der Waals surface area contributed by atoms with Crippen molar-refractivity contribution in [3.63, 3.8) is 0 Å². The van der Waals surface area contributed by atoms with E-state index in [1.165, 1.54) is 13.0 Å². The molecule has 8 nitrogen and oxygen atoms in total. The molecule has 0 aliphatic heterocycles. The summed E-state index contributed by atoms with van der Waals surface area (Å²) in [5.74, 6) is -3.12. The zero-order valence-corrected chi connectivity index (χ0v) is 14.7. The number of hydrogen-bond donors (Lipinski definition) is 2. The summed E-state index contributed by atoms with van der Waals surface area (Å²) < 4.78 is 55.2. The van der Waals surface area contributed by atoms with E-state index in [-0.39, 0.29) is 17.3 Å². The third kappa shape index (κ3) is 3.17. The lowest BCUT2D eigenvalue weighted by molar-refractivity contribution is 0.480. The van der Waals surface area contributed by atoms with Crippen LogP contribution in [0.1, 0.15) is 24.6 Å². The number of sulfonamides is 1. The fraction of sp³-hybridized carbons (Fsp3) is 0.267. The Bertz CT molecular complexity index is 1150. The largest absolute Gasteiger partial charge is 0.274 e. The third-order valence-corrected chi connectivity index (χ3v) is 5.01. The second-order valence-corrected chi connectivity index (χ2v) is 7.31. The summed E-state index contributed by atoms with van der Waals surface area (Å²) in [4.78, 5) is 19.2. The van der Waals surface area contributed by atoms with E-state index in [0.29, 0.717) is 12.1 Å². The Labute approximate surface area is 146 Å². The van der Waals surface area contributed by atoms with E-state index in [1.54, 1.807) is 0 Å². The quantitative estimate of drug-likeness (QED) is 0.698. The number of anilines is 1. The Morgan fingerprint density at radius 1 is 1.23 bits per heavy atom. The van der Waals surface area contributed by atoms with Crippen LogP contribution < -0.4 is 10.3 Å². The lowest BCUT2D eigenvalue weighted by atomic mass is 10.2. The van der Waals surface area contributed by atoms with Crippen LogP contribution >= 0.6 is 0 Å². The van der Waals surface area contributed by atoms with E-state index in [9.17, 15) is 22.0 Å². The molecule has 0 aliphatic rings. The number of fused-ring (bicyclic) bond motifs is 1. The van der Waals surface area contributed by atoms with Crippen LogP contribution in [-0.2, 0) is 16.4 Å². The lowest BCUT2D eigenvalue weighted by Crippen LogP contribution is -2.18. The molecule has 0 saturated heterocycles. The first-order valence-corrected chi connectivity index (χ1v) is 9.17. The average Bonchev–Trinajstić information content (AvgIpc) is 2.95. The number of aromatic nitrogens is 4. The first-order valence-electron chi connectivity index (χ1n) is 7.69.